The van der Waals surface area contributed by atoms with E-state index in [9.17, 15) is 0 Å². The van der Waals surface area contributed by atoms with Gasteiger partial charge in [0.05, 0.1) is 4.70 Å². The number of benzene rings is 1. The van der Waals surface area contributed by atoms with Crippen LogP contribution in [0.3, 0.4) is 0 Å². The molecular formula is C17H19N3OS. The summed E-state index contributed by atoms with van der Waals surface area (Å²) in [6, 6.07) is 12.0. The second-order valence-electron chi connectivity index (χ2n) is 5.08. The third-order valence-corrected chi connectivity index (χ3v) is 4.20. The fourth-order valence-corrected chi connectivity index (χ4v) is 2.90. The molecule has 0 atom stereocenters. The van der Waals surface area contributed by atoms with Crippen LogP contribution in [0.5, 0.6) is 10.9 Å². The number of fused-ring (bicyclic) bond motifs is 1. The van der Waals surface area contributed by atoms with E-state index in [-0.39, 0.29) is 0 Å². The summed E-state index contributed by atoms with van der Waals surface area (Å²) in [5.74, 6) is 0.802. The van der Waals surface area contributed by atoms with E-state index in [1.807, 2.05) is 24.3 Å². The Kier molecular flexibility index (Phi) is 4.98. The molecule has 114 valence electrons. The number of aromatic nitrogens is 2. The standard InChI is InChI=1S/C17H19N3OS/c1-2-3-10-18-12-13-6-8-14(9-7-13)21-17-20-16-15(22-17)5-4-11-19-16/h4-9,11,18H,2-3,10,12H2,1H3. The zero-order valence-electron chi connectivity index (χ0n) is 12.6. The fourth-order valence-electron chi connectivity index (χ4n) is 2.10. The second-order valence-corrected chi connectivity index (χ2v) is 6.07. The Bertz CT molecular complexity index is 691. The molecule has 2 heterocycles. The van der Waals surface area contributed by atoms with Gasteiger partial charge in [-0.25, -0.2) is 4.98 Å². The van der Waals surface area contributed by atoms with Gasteiger partial charge in [0.25, 0.3) is 5.19 Å². The summed E-state index contributed by atoms with van der Waals surface area (Å²) in [5.41, 5.74) is 1.99. The number of hydrogen-bond donors (Lipinski definition) is 1. The molecule has 1 N–H and O–H groups in total. The van der Waals surface area contributed by atoms with E-state index < -0.39 is 0 Å². The minimum absolute atomic E-state index is 0.627. The molecule has 3 aromatic rings. The lowest BCUT2D eigenvalue weighted by Crippen LogP contribution is -2.14. The van der Waals surface area contributed by atoms with Gasteiger partial charge in [-0.15, -0.1) is 0 Å². The maximum atomic E-state index is 5.81. The van der Waals surface area contributed by atoms with E-state index in [2.05, 4.69) is 34.3 Å². The summed E-state index contributed by atoms with van der Waals surface area (Å²) < 4.78 is 6.84. The van der Waals surface area contributed by atoms with Crippen molar-refractivity contribution in [3.8, 4) is 10.9 Å². The van der Waals surface area contributed by atoms with Gasteiger partial charge in [0, 0.05) is 12.7 Å². The van der Waals surface area contributed by atoms with Crippen LogP contribution in [0, 0.1) is 0 Å². The van der Waals surface area contributed by atoms with Crippen molar-refractivity contribution in [2.75, 3.05) is 6.54 Å². The van der Waals surface area contributed by atoms with E-state index in [0.29, 0.717) is 5.19 Å². The predicted molar refractivity (Wildman–Crippen MR) is 90.5 cm³/mol. The minimum atomic E-state index is 0.627. The quantitative estimate of drug-likeness (QED) is 0.658. The first-order valence-electron chi connectivity index (χ1n) is 7.54. The first-order chi connectivity index (χ1) is 10.8. The van der Waals surface area contributed by atoms with Gasteiger partial charge in [0.15, 0.2) is 5.65 Å². The molecule has 0 unspecified atom stereocenters. The lowest BCUT2D eigenvalue weighted by molar-refractivity contribution is 0.479. The van der Waals surface area contributed by atoms with Gasteiger partial charge < -0.3 is 10.1 Å². The van der Waals surface area contributed by atoms with Crippen LogP contribution in [0.1, 0.15) is 25.3 Å². The Morgan fingerprint density at radius 3 is 2.82 bits per heavy atom. The van der Waals surface area contributed by atoms with Crippen LogP contribution in [-0.4, -0.2) is 16.5 Å². The third kappa shape index (κ3) is 3.81. The van der Waals surface area contributed by atoms with E-state index in [0.717, 1.165) is 29.2 Å². The first-order valence-corrected chi connectivity index (χ1v) is 8.36. The molecule has 0 saturated heterocycles. The second kappa shape index (κ2) is 7.33. The lowest BCUT2D eigenvalue weighted by atomic mass is 10.2. The third-order valence-electron chi connectivity index (χ3n) is 3.31. The maximum absolute atomic E-state index is 5.81. The smallest absolute Gasteiger partial charge is 0.281 e. The van der Waals surface area contributed by atoms with Gasteiger partial charge in [-0.1, -0.05) is 36.8 Å². The van der Waals surface area contributed by atoms with Crippen molar-refractivity contribution in [2.24, 2.45) is 0 Å². The SMILES string of the molecule is CCCCNCc1ccc(Oc2nc3ncccc3s2)cc1. The Hall–Kier alpha value is -1.98. The summed E-state index contributed by atoms with van der Waals surface area (Å²) in [6.45, 7) is 4.16. The van der Waals surface area contributed by atoms with Crippen LogP contribution in [0.4, 0.5) is 0 Å². The average Bonchev–Trinajstić information content (AvgIpc) is 2.95. The van der Waals surface area contributed by atoms with Crippen molar-refractivity contribution < 1.29 is 4.74 Å². The van der Waals surface area contributed by atoms with E-state index >= 15 is 0 Å². The predicted octanol–water partition coefficient (Wildman–Crippen LogP) is 4.37. The Morgan fingerprint density at radius 1 is 1.18 bits per heavy atom. The molecule has 0 fully saturated rings. The first kappa shape index (κ1) is 14.9. The summed E-state index contributed by atoms with van der Waals surface area (Å²) in [6.07, 6.45) is 4.18. The largest absolute Gasteiger partial charge is 0.431 e. The molecule has 0 aliphatic heterocycles. The number of pyridine rings is 1. The molecule has 0 bridgehead atoms. The zero-order chi connectivity index (χ0) is 15.2. The van der Waals surface area contributed by atoms with Crippen molar-refractivity contribution in [3.05, 3.63) is 48.2 Å². The van der Waals surface area contributed by atoms with Crippen LogP contribution in [0.15, 0.2) is 42.6 Å². The molecule has 4 nitrogen and oxygen atoms in total. The highest BCUT2D eigenvalue weighted by atomic mass is 32.1. The molecule has 22 heavy (non-hydrogen) atoms. The van der Waals surface area contributed by atoms with E-state index in [4.69, 9.17) is 4.74 Å². The Labute approximate surface area is 134 Å². The normalized spacial score (nSPS) is 11.0. The van der Waals surface area contributed by atoms with Crippen LogP contribution in [0.2, 0.25) is 0 Å². The van der Waals surface area contributed by atoms with Gasteiger partial charge in [0.2, 0.25) is 0 Å². The van der Waals surface area contributed by atoms with Gasteiger partial charge >= 0.3 is 0 Å². The van der Waals surface area contributed by atoms with Crippen LogP contribution in [-0.2, 0) is 6.54 Å². The maximum Gasteiger partial charge on any atom is 0.281 e. The number of thiazole rings is 1. The Balaban J connectivity index is 1.60. The number of nitrogens with one attached hydrogen (secondary N) is 1. The molecular weight excluding hydrogens is 294 g/mol. The zero-order valence-corrected chi connectivity index (χ0v) is 13.4. The topological polar surface area (TPSA) is 47.0 Å². The number of unbranched alkanes of at least 4 members (excludes halogenated alkanes) is 1. The molecule has 1 aromatic carbocycles. The van der Waals surface area contributed by atoms with Gasteiger partial charge in [-0.3, -0.25) is 0 Å². The fraction of sp³-hybridized carbons (Fsp3) is 0.294. The molecule has 0 amide bonds. The number of rotatable bonds is 7. The molecule has 0 aliphatic carbocycles. The van der Waals surface area contributed by atoms with Crippen molar-refractivity contribution in [3.63, 3.8) is 0 Å². The highest BCUT2D eigenvalue weighted by Gasteiger charge is 2.06. The number of hydrogen-bond acceptors (Lipinski definition) is 5. The monoisotopic (exact) mass is 313 g/mol. The summed E-state index contributed by atoms with van der Waals surface area (Å²) >= 11 is 1.51. The highest BCUT2D eigenvalue weighted by molar-refractivity contribution is 7.20. The van der Waals surface area contributed by atoms with Gasteiger partial charge in [-0.2, -0.15) is 4.98 Å². The molecule has 0 saturated carbocycles. The summed E-state index contributed by atoms with van der Waals surface area (Å²) in [5, 5.41) is 4.06. The van der Waals surface area contributed by atoms with Crippen LogP contribution >= 0.6 is 11.3 Å². The van der Waals surface area contributed by atoms with E-state index in [1.165, 1.54) is 29.7 Å². The molecule has 2 aromatic heterocycles. The van der Waals surface area contributed by atoms with Crippen molar-refractivity contribution in [1.29, 1.82) is 0 Å². The number of nitrogens with zero attached hydrogens (tertiary/aromatic N) is 2. The van der Waals surface area contributed by atoms with Gasteiger partial charge in [-0.05, 0) is 42.8 Å². The minimum Gasteiger partial charge on any atom is -0.431 e. The van der Waals surface area contributed by atoms with Crippen molar-refractivity contribution >= 4 is 21.7 Å². The van der Waals surface area contributed by atoms with Gasteiger partial charge in [0.1, 0.15) is 5.75 Å². The van der Waals surface area contributed by atoms with Crippen molar-refractivity contribution in [2.45, 2.75) is 26.3 Å². The van der Waals surface area contributed by atoms with E-state index in [1.54, 1.807) is 6.20 Å². The summed E-state index contributed by atoms with van der Waals surface area (Å²) in [7, 11) is 0. The highest BCUT2D eigenvalue weighted by Crippen LogP contribution is 2.30. The average molecular weight is 313 g/mol. The molecule has 0 spiro atoms. The van der Waals surface area contributed by atoms with Crippen LogP contribution < -0.4 is 10.1 Å². The number of ether oxygens (including phenoxy) is 1. The van der Waals surface area contributed by atoms with Crippen LogP contribution in [0.25, 0.3) is 10.3 Å². The van der Waals surface area contributed by atoms with Crippen molar-refractivity contribution in [1.82, 2.24) is 15.3 Å². The molecule has 0 aliphatic rings. The Morgan fingerprint density at radius 2 is 2.05 bits per heavy atom. The lowest BCUT2D eigenvalue weighted by Gasteiger charge is -2.05. The molecule has 0 radical (unpaired) electrons. The molecule has 5 heteroatoms. The molecule has 3 rings (SSSR count). The summed E-state index contributed by atoms with van der Waals surface area (Å²) in [4.78, 5) is 8.59.